The van der Waals surface area contributed by atoms with Crippen molar-refractivity contribution in [2.75, 3.05) is 20.0 Å². The largest absolute Gasteiger partial charge is 0.493 e. The summed E-state index contributed by atoms with van der Waals surface area (Å²) in [6, 6.07) is 9.55. The minimum absolute atomic E-state index is 0.0829. The Kier molecular flexibility index (Phi) is 7.04. The van der Waals surface area contributed by atoms with Gasteiger partial charge in [0.15, 0.2) is 16.7 Å². The maximum atomic E-state index is 13.3. The lowest BCUT2D eigenvalue weighted by atomic mass is 10.0. The molecule has 1 aromatic carbocycles. The summed E-state index contributed by atoms with van der Waals surface area (Å²) in [5, 5.41) is 17.6. The molecule has 10 heteroatoms. The van der Waals surface area contributed by atoms with E-state index in [1.165, 1.54) is 11.8 Å². The zero-order valence-electron chi connectivity index (χ0n) is 19.3. The topological polar surface area (TPSA) is 81.8 Å². The minimum atomic E-state index is -0.222. The lowest BCUT2D eigenvalue weighted by molar-refractivity contribution is -0.130. The highest BCUT2D eigenvalue weighted by Crippen LogP contribution is 2.38. The van der Waals surface area contributed by atoms with Gasteiger partial charge in [0.2, 0.25) is 0 Å². The number of thioether (sulfide) groups is 1. The molecule has 1 unspecified atom stereocenters. The standard InChI is InChI=1S/C23H27N5O3S2/c1-14(2)22-24-25-23(27(22)3)33-13-21(29)28-17(12-16(26-28)20-7-6-10-32-20)15-8-9-18(30-4)19(11-15)31-5/h6-11,14,17H,12-13H2,1-5H3. The van der Waals surface area contributed by atoms with Crippen LogP contribution >= 0.6 is 23.1 Å². The molecule has 0 spiro atoms. The second-order valence-corrected chi connectivity index (χ2v) is 9.83. The number of amides is 1. The average molecular weight is 486 g/mol. The molecular formula is C23H27N5O3S2. The van der Waals surface area contributed by atoms with Crippen LogP contribution in [0, 0.1) is 0 Å². The van der Waals surface area contributed by atoms with E-state index in [0.717, 1.165) is 27.1 Å². The summed E-state index contributed by atoms with van der Waals surface area (Å²) in [4.78, 5) is 14.4. The fourth-order valence-corrected chi connectivity index (χ4v) is 5.29. The summed E-state index contributed by atoms with van der Waals surface area (Å²) >= 11 is 3.00. The van der Waals surface area contributed by atoms with E-state index in [9.17, 15) is 4.79 Å². The molecule has 174 valence electrons. The second-order valence-electron chi connectivity index (χ2n) is 7.94. The van der Waals surface area contributed by atoms with E-state index < -0.39 is 0 Å². The van der Waals surface area contributed by atoms with Gasteiger partial charge in [0.1, 0.15) is 5.82 Å². The normalized spacial score (nSPS) is 15.8. The first kappa shape index (κ1) is 23.3. The third-order valence-electron chi connectivity index (χ3n) is 5.47. The number of hydrazone groups is 1. The Morgan fingerprint density at radius 1 is 1.21 bits per heavy atom. The molecule has 8 nitrogen and oxygen atoms in total. The minimum Gasteiger partial charge on any atom is -0.493 e. The Bertz CT molecular complexity index is 1160. The molecule has 3 heterocycles. The van der Waals surface area contributed by atoms with Crippen molar-refractivity contribution in [1.82, 2.24) is 19.8 Å². The van der Waals surface area contributed by atoms with E-state index in [0.29, 0.717) is 17.9 Å². The molecule has 1 amide bonds. The van der Waals surface area contributed by atoms with E-state index in [4.69, 9.17) is 14.6 Å². The lowest BCUT2D eigenvalue weighted by Gasteiger charge is -2.22. The molecule has 2 aromatic heterocycles. The Morgan fingerprint density at radius 2 is 2.00 bits per heavy atom. The monoisotopic (exact) mass is 485 g/mol. The molecule has 1 aliphatic heterocycles. The third-order valence-corrected chi connectivity index (χ3v) is 7.40. The molecule has 1 aliphatic rings. The number of methoxy groups -OCH3 is 2. The Balaban J connectivity index is 1.59. The van der Waals surface area contributed by atoms with Gasteiger partial charge in [-0.2, -0.15) is 5.10 Å². The van der Waals surface area contributed by atoms with Gasteiger partial charge in [-0.05, 0) is 29.1 Å². The van der Waals surface area contributed by atoms with Crippen molar-refractivity contribution in [2.24, 2.45) is 12.1 Å². The van der Waals surface area contributed by atoms with E-state index in [2.05, 4.69) is 24.0 Å². The molecule has 0 bridgehead atoms. The van der Waals surface area contributed by atoms with Crippen LogP contribution in [0.1, 0.15) is 48.5 Å². The highest BCUT2D eigenvalue weighted by Gasteiger charge is 2.34. The smallest absolute Gasteiger partial charge is 0.253 e. The van der Waals surface area contributed by atoms with Gasteiger partial charge in [-0.1, -0.05) is 37.7 Å². The summed E-state index contributed by atoms with van der Waals surface area (Å²) in [6.45, 7) is 4.14. The number of hydrogen-bond donors (Lipinski definition) is 0. The van der Waals surface area contributed by atoms with Crippen molar-refractivity contribution in [2.45, 2.75) is 37.4 Å². The Morgan fingerprint density at radius 3 is 2.64 bits per heavy atom. The van der Waals surface area contributed by atoms with E-state index >= 15 is 0 Å². The summed E-state index contributed by atoms with van der Waals surface area (Å²) in [5.41, 5.74) is 1.85. The van der Waals surface area contributed by atoms with Crippen LogP contribution in [0.25, 0.3) is 0 Å². The molecule has 4 rings (SSSR count). The van der Waals surface area contributed by atoms with Gasteiger partial charge in [-0.3, -0.25) is 4.79 Å². The average Bonchev–Trinajstić information content (AvgIpc) is 3.56. The van der Waals surface area contributed by atoms with E-state index in [1.54, 1.807) is 30.6 Å². The summed E-state index contributed by atoms with van der Waals surface area (Å²) in [7, 11) is 5.14. The van der Waals surface area contributed by atoms with Crippen molar-refractivity contribution in [3.8, 4) is 11.5 Å². The van der Waals surface area contributed by atoms with Gasteiger partial charge in [0.05, 0.1) is 36.6 Å². The van der Waals surface area contributed by atoms with Gasteiger partial charge in [-0.25, -0.2) is 5.01 Å². The zero-order valence-corrected chi connectivity index (χ0v) is 20.9. The SMILES string of the molecule is COc1ccc(C2CC(c3cccs3)=NN2C(=O)CSc2nnc(C(C)C)n2C)cc1OC. The molecule has 0 radical (unpaired) electrons. The number of benzene rings is 1. The van der Waals surface area contributed by atoms with Crippen LogP contribution in [0.15, 0.2) is 46.0 Å². The number of aromatic nitrogens is 3. The molecule has 0 aliphatic carbocycles. The molecule has 0 N–H and O–H groups in total. The fraction of sp³-hybridized carbons (Fsp3) is 0.391. The first-order valence-corrected chi connectivity index (χ1v) is 12.5. The lowest BCUT2D eigenvalue weighted by Crippen LogP contribution is -2.28. The van der Waals surface area contributed by atoms with Crippen LogP contribution in [0.4, 0.5) is 0 Å². The van der Waals surface area contributed by atoms with Crippen LogP contribution in [-0.4, -0.2) is 51.4 Å². The fourth-order valence-electron chi connectivity index (χ4n) is 3.80. The van der Waals surface area contributed by atoms with Crippen LogP contribution in [0.3, 0.4) is 0 Å². The number of rotatable bonds is 8. The third kappa shape index (κ3) is 4.77. The predicted octanol–water partition coefficient (Wildman–Crippen LogP) is 4.49. The summed E-state index contributed by atoms with van der Waals surface area (Å²) in [5.74, 6) is 2.57. The molecule has 33 heavy (non-hydrogen) atoms. The number of hydrogen-bond acceptors (Lipinski definition) is 8. The summed E-state index contributed by atoms with van der Waals surface area (Å²) < 4.78 is 12.8. The second kappa shape index (κ2) is 9.96. The first-order chi connectivity index (χ1) is 15.9. The number of thiophene rings is 1. The maximum Gasteiger partial charge on any atom is 0.253 e. The van der Waals surface area contributed by atoms with Crippen molar-refractivity contribution in [1.29, 1.82) is 0 Å². The van der Waals surface area contributed by atoms with Crippen LogP contribution < -0.4 is 9.47 Å². The van der Waals surface area contributed by atoms with Crippen molar-refractivity contribution >= 4 is 34.7 Å². The van der Waals surface area contributed by atoms with Gasteiger partial charge < -0.3 is 14.0 Å². The van der Waals surface area contributed by atoms with Crippen LogP contribution in [0.5, 0.6) is 11.5 Å². The van der Waals surface area contributed by atoms with Gasteiger partial charge in [0, 0.05) is 19.4 Å². The predicted molar refractivity (Wildman–Crippen MR) is 130 cm³/mol. The van der Waals surface area contributed by atoms with Gasteiger partial charge in [0.25, 0.3) is 5.91 Å². The molecule has 3 aromatic rings. The molecule has 0 fully saturated rings. The number of carbonyl (C=O) groups is 1. The maximum absolute atomic E-state index is 13.3. The van der Waals surface area contributed by atoms with Crippen molar-refractivity contribution in [3.05, 3.63) is 52.0 Å². The first-order valence-electron chi connectivity index (χ1n) is 10.6. The Hall–Kier alpha value is -2.85. The van der Waals surface area contributed by atoms with E-state index in [-0.39, 0.29) is 23.6 Å². The number of carbonyl (C=O) groups excluding carboxylic acids is 1. The molecular weight excluding hydrogens is 458 g/mol. The highest BCUT2D eigenvalue weighted by atomic mass is 32.2. The molecule has 0 saturated heterocycles. The number of nitrogens with zero attached hydrogens (tertiary/aromatic N) is 5. The van der Waals surface area contributed by atoms with Crippen molar-refractivity contribution < 1.29 is 14.3 Å². The molecule has 1 atom stereocenters. The molecule has 0 saturated carbocycles. The van der Waals surface area contributed by atoms with Crippen LogP contribution in [-0.2, 0) is 11.8 Å². The van der Waals surface area contributed by atoms with Crippen molar-refractivity contribution in [3.63, 3.8) is 0 Å². The quantitative estimate of drug-likeness (QED) is 0.438. The van der Waals surface area contributed by atoms with Gasteiger partial charge in [-0.15, -0.1) is 21.5 Å². The summed E-state index contributed by atoms with van der Waals surface area (Å²) in [6.07, 6.45) is 0.633. The number of ether oxygens (including phenoxy) is 2. The zero-order chi connectivity index (χ0) is 23.5. The van der Waals surface area contributed by atoms with Crippen LogP contribution in [0.2, 0.25) is 0 Å². The Labute approximate surface area is 201 Å². The highest BCUT2D eigenvalue weighted by molar-refractivity contribution is 7.99. The van der Waals surface area contributed by atoms with Gasteiger partial charge >= 0.3 is 0 Å². The van der Waals surface area contributed by atoms with E-state index in [1.807, 2.05) is 47.3 Å².